The van der Waals surface area contributed by atoms with Crippen molar-refractivity contribution in [2.75, 3.05) is 19.8 Å². The number of amides is 1. The summed E-state index contributed by atoms with van der Waals surface area (Å²) in [6, 6.07) is 4.24. The number of carboxylic acids is 1. The highest BCUT2D eigenvalue weighted by molar-refractivity contribution is 5.96. The van der Waals surface area contributed by atoms with Crippen LogP contribution in [0.5, 0.6) is 0 Å². The molecule has 1 aliphatic heterocycles. The van der Waals surface area contributed by atoms with E-state index in [0.29, 0.717) is 37.2 Å². The van der Waals surface area contributed by atoms with Crippen molar-refractivity contribution in [3.05, 3.63) is 41.5 Å². The number of allylic oxidation sites excluding steroid dienone is 1. The molecule has 1 aliphatic rings. The third-order valence-corrected chi connectivity index (χ3v) is 4.23. The van der Waals surface area contributed by atoms with Crippen molar-refractivity contribution in [2.45, 2.75) is 32.0 Å². The first-order valence-corrected chi connectivity index (χ1v) is 8.14. The number of halogens is 3. The van der Waals surface area contributed by atoms with Gasteiger partial charge in [-0.3, -0.25) is 9.59 Å². The number of nitrogens with zero attached hydrogens (tertiary/aromatic N) is 1. The third-order valence-electron chi connectivity index (χ3n) is 4.23. The molecule has 1 aromatic rings. The van der Waals surface area contributed by atoms with E-state index < -0.39 is 30.2 Å². The lowest BCUT2D eigenvalue weighted by atomic mass is 10.0. The van der Waals surface area contributed by atoms with Gasteiger partial charge in [-0.1, -0.05) is 12.1 Å². The van der Waals surface area contributed by atoms with E-state index in [-0.39, 0.29) is 6.04 Å². The molecule has 0 spiro atoms. The summed E-state index contributed by atoms with van der Waals surface area (Å²) in [5, 5.41) is 9.07. The maximum atomic E-state index is 12.6. The fourth-order valence-corrected chi connectivity index (χ4v) is 2.80. The molecule has 142 valence electrons. The third kappa shape index (κ3) is 5.32. The SMILES string of the molecule is C/C(=C/C(=O)N(CC(=O)O)C1CCOCC1)c1ccc(C(F)(F)F)cc1. The van der Waals surface area contributed by atoms with Crippen molar-refractivity contribution >= 4 is 17.4 Å². The minimum absolute atomic E-state index is 0.232. The Kier molecular flexibility index (Phi) is 6.42. The van der Waals surface area contributed by atoms with Gasteiger partial charge in [-0.05, 0) is 43.0 Å². The highest BCUT2D eigenvalue weighted by Crippen LogP contribution is 2.30. The van der Waals surface area contributed by atoms with Crippen LogP contribution < -0.4 is 0 Å². The number of carbonyl (C=O) groups excluding carboxylic acids is 1. The van der Waals surface area contributed by atoms with Crippen molar-refractivity contribution in [1.29, 1.82) is 0 Å². The molecule has 26 heavy (non-hydrogen) atoms. The van der Waals surface area contributed by atoms with Gasteiger partial charge in [0.2, 0.25) is 5.91 Å². The molecular formula is C18H20F3NO4. The van der Waals surface area contributed by atoms with Crippen LogP contribution >= 0.6 is 0 Å². The topological polar surface area (TPSA) is 66.8 Å². The molecule has 0 unspecified atom stereocenters. The van der Waals surface area contributed by atoms with E-state index in [1.807, 2.05) is 0 Å². The van der Waals surface area contributed by atoms with Crippen LogP contribution in [0.1, 0.15) is 30.9 Å². The predicted octanol–water partition coefficient (Wildman–Crippen LogP) is 3.20. The van der Waals surface area contributed by atoms with Crippen LogP contribution in [-0.4, -0.2) is 47.7 Å². The largest absolute Gasteiger partial charge is 0.480 e. The van der Waals surface area contributed by atoms with E-state index >= 15 is 0 Å². The Morgan fingerprint density at radius 3 is 2.31 bits per heavy atom. The second-order valence-electron chi connectivity index (χ2n) is 6.11. The number of hydrogen-bond acceptors (Lipinski definition) is 3. The highest BCUT2D eigenvalue weighted by atomic mass is 19.4. The Hall–Kier alpha value is -2.35. The smallest absolute Gasteiger partial charge is 0.416 e. The van der Waals surface area contributed by atoms with Gasteiger partial charge >= 0.3 is 12.1 Å². The maximum Gasteiger partial charge on any atom is 0.416 e. The quantitative estimate of drug-likeness (QED) is 0.808. The van der Waals surface area contributed by atoms with Gasteiger partial charge in [-0.15, -0.1) is 0 Å². The summed E-state index contributed by atoms with van der Waals surface area (Å²) in [6.07, 6.45) is -2.06. The predicted molar refractivity (Wildman–Crippen MR) is 88.3 cm³/mol. The number of carboxylic acid groups (broad SMARTS) is 1. The lowest BCUT2D eigenvalue weighted by Crippen LogP contribution is -2.45. The molecule has 0 atom stereocenters. The Labute approximate surface area is 149 Å². The van der Waals surface area contributed by atoms with Crippen LogP contribution in [-0.2, 0) is 20.5 Å². The van der Waals surface area contributed by atoms with E-state index in [1.165, 1.54) is 23.1 Å². The molecule has 0 radical (unpaired) electrons. The van der Waals surface area contributed by atoms with Crippen molar-refractivity contribution in [2.24, 2.45) is 0 Å². The minimum Gasteiger partial charge on any atom is -0.480 e. The molecule has 1 amide bonds. The fourth-order valence-electron chi connectivity index (χ4n) is 2.80. The normalized spacial score (nSPS) is 16.4. The number of benzene rings is 1. The molecule has 0 saturated carbocycles. The average molecular weight is 371 g/mol. The zero-order valence-electron chi connectivity index (χ0n) is 14.3. The number of rotatable bonds is 5. The summed E-state index contributed by atoms with van der Waals surface area (Å²) in [7, 11) is 0. The summed E-state index contributed by atoms with van der Waals surface area (Å²) in [6.45, 7) is 2.08. The van der Waals surface area contributed by atoms with Crippen LogP contribution in [0.3, 0.4) is 0 Å². The Morgan fingerprint density at radius 2 is 1.81 bits per heavy atom. The highest BCUT2D eigenvalue weighted by Gasteiger charge is 2.30. The number of aliphatic carboxylic acids is 1. The van der Waals surface area contributed by atoms with E-state index in [9.17, 15) is 22.8 Å². The minimum atomic E-state index is -4.42. The molecule has 0 aliphatic carbocycles. The summed E-state index contributed by atoms with van der Waals surface area (Å²) in [4.78, 5) is 24.9. The van der Waals surface area contributed by atoms with Crippen LogP contribution in [0.15, 0.2) is 30.3 Å². The van der Waals surface area contributed by atoms with Crippen LogP contribution in [0.25, 0.3) is 5.57 Å². The van der Waals surface area contributed by atoms with Crippen molar-refractivity contribution in [3.63, 3.8) is 0 Å². The van der Waals surface area contributed by atoms with Gasteiger partial charge in [-0.25, -0.2) is 0 Å². The van der Waals surface area contributed by atoms with Crippen molar-refractivity contribution in [1.82, 2.24) is 4.90 Å². The van der Waals surface area contributed by atoms with Crippen LogP contribution in [0, 0.1) is 0 Å². The Balaban J connectivity index is 2.18. The number of hydrogen-bond donors (Lipinski definition) is 1. The Bertz CT molecular complexity index is 677. The molecule has 1 aromatic carbocycles. The molecule has 1 heterocycles. The van der Waals surface area contributed by atoms with Crippen molar-refractivity contribution in [3.8, 4) is 0 Å². The lowest BCUT2D eigenvalue weighted by molar-refractivity contribution is -0.145. The molecule has 2 rings (SSSR count). The average Bonchev–Trinajstić information content (AvgIpc) is 2.59. The molecule has 1 N–H and O–H groups in total. The maximum absolute atomic E-state index is 12.6. The standard InChI is InChI=1S/C18H20F3NO4/c1-12(13-2-4-14(5-3-13)18(19,20)21)10-16(23)22(11-17(24)25)15-6-8-26-9-7-15/h2-5,10,15H,6-9,11H2,1H3,(H,24,25)/b12-10-. The van der Waals surface area contributed by atoms with Crippen LogP contribution in [0.2, 0.25) is 0 Å². The van der Waals surface area contributed by atoms with Gasteiger partial charge in [0, 0.05) is 25.3 Å². The number of ether oxygens (including phenoxy) is 1. The summed E-state index contributed by atoms with van der Waals surface area (Å²) in [5.41, 5.74) is 0.162. The van der Waals surface area contributed by atoms with E-state index in [1.54, 1.807) is 6.92 Å². The van der Waals surface area contributed by atoms with Gasteiger partial charge in [-0.2, -0.15) is 13.2 Å². The van der Waals surface area contributed by atoms with Gasteiger partial charge in [0.05, 0.1) is 5.56 Å². The second-order valence-corrected chi connectivity index (χ2v) is 6.11. The van der Waals surface area contributed by atoms with Crippen molar-refractivity contribution < 1.29 is 32.6 Å². The number of alkyl halides is 3. The summed E-state index contributed by atoms with van der Waals surface area (Å²) < 4.78 is 43.1. The molecule has 8 heteroatoms. The second kappa shape index (κ2) is 8.35. The Morgan fingerprint density at radius 1 is 1.23 bits per heavy atom. The zero-order chi connectivity index (χ0) is 19.3. The molecule has 0 bridgehead atoms. The van der Waals surface area contributed by atoms with Crippen LogP contribution in [0.4, 0.5) is 13.2 Å². The first-order chi connectivity index (χ1) is 12.2. The van der Waals surface area contributed by atoms with E-state index in [2.05, 4.69) is 0 Å². The van der Waals surface area contributed by atoms with Gasteiger partial charge < -0.3 is 14.7 Å². The molecule has 1 saturated heterocycles. The first-order valence-electron chi connectivity index (χ1n) is 8.14. The van der Waals surface area contributed by atoms with E-state index in [0.717, 1.165) is 12.1 Å². The summed E-state index contributed by atoms with van der Waals surface area (Å²) >= 11 is 0. The first kappa shape index (κ1) is 20.0. The van der Waals surface area contributed by atoms with E-state index in [4.69, 9.17) is 9.84 Å². The van der Waals surface area contributed by atoms with Gasteiger partial charge in [0.25, 0.3) is 0 Å². The zero-order valence-corrected chi connectivity index (χ0v) is 14.3. The lowest BCUT2D eigenvalue weighted by Gasteiger charge is -2.32. The summed E-state index contributed by atoms with van der Waals surface area (Å²) in [5.74, 6) is -1.60. The monoisotopic (exact) mass is 371 g/mol. The molecule has 1 fully saturated rings. The van der Waals surface area contributed by atoms with Gasteiger partial charge in [0.15, 0.2) is 0 Å². The molecule has 5 nitrogen and oxygen atoms in total. The fraction of sp³-hybridized carbons (Fsp3) is 0.444. The van der Waals surface area contributed by atoms with Gasteiger partial charge in [0.1, 0.15) is 6.54 Å². The number of carbonyl (C=O) groups is 2. The molecular weight excluding hydrogens is 351 g/mol. The molecule has 0 aromatic heterocycles.